The van der Waals surface area contributed by atoms with Gasteiger partial charge in [0.25, 0.3) is 0 Å². The van der Waals surface area contributed by atoms with Crippen molar-refractivity contribution in [1.82, 2.24) is 0 Å². The van der Waals surface area contributed by atoms with Crippen LogP contribution in [0.5, 0.6) is 0 Å². The minimum absolute atomic E-state index is 0.300. The van der Waals surface area contributed by atoms with Gasteiger partial charge in [0.1, 0.15) is 3.78 Å². The van der Waals surface area contributed by atoms with E-state index in [1.807, 2.05) is 44.2 Å². The molecule has 1 N–H and O–H groups in total. The summed E-state index contributed by atoms with van der Waals surface area (Å²) in [4.78, 5) is 9.83. The van der Waals surface area contributed by atoms with Gasteiger partial charge < -0.3 is 5.11 Å². The van der Waals surface area contributed by atoms with Crippen LogP contribution >= 0.6 is 55.1 Å². The second kappa shape index (κ2) is 5.15. The Hall–Kier alpha value is 0.230. The van der Waals surface area contributed by atoms with E-state index in [0.29, 0.717) is 0 Å². The molecular weight excluding hydrogens is 431 g/mol. The van der Waals surface area contributed by atoms with E-state index in [-0.39, 0.29) is 10.7 Å². The van der Waals surface area contributed by atoms with Gasteiger partial charge in [-0.05, 0) is 5.56 Å². The van der Waals surface area contributed by atoms with E-state index in [2.05, 4.69) is 31.9 Å². The maximum absolute atomic E-state index is 11.5. The SMILES string of the molecule is CC1(C)C(C(Br)C(Cl)(Br)c2ccccc2)C1(Cl)C(=O)O. The summed E-state index contributed by atoms with van der Waals surface area (Å²) in [6.07, 6.45) is 0. The molecule has 0 aliphatic heterocycles. The maximum Gasteiger partial charge on any atom is 0.325 e. The number of aliphatic carboxylic acids is 1. The molecule has 6 heteroatoms. The molecule has 0 heterocycles. The van der Waals surface area contributed by atoms with Gasteiger partial charge in [0.15, 0.2) is 4.87 Å². The number of halogens is 4. The molecule has 1 aromatic carbocycles. The lowest BCUT2D eigenvalue weighted by Crippen LogP contribution is -2.30. The fourth-order valence-corrected chi connectivity index (χ4v) is 5.47. The van der Waals surface area contributed by atoms with Crippen LogP contribution in [-0.4, -0.2) is 20.8 Å². The first-order valence-corrected chi connectivity index (χ1v) is 8.54. The van der Waals surface area contributed by atoms with Crippen molar-refractivity contribution in [3.8, 4) is 0 Å². The normalized spacial score (nSPS) is 32.2. The van der Waals surface area contributed by atoms with E-state index in [4.69, 9.17) is 23.2 Å². The van der Waals surface area contributed by atoms with E-state index < -0.39 is 20.0 Å². The van der Waals surface area contributed by atoms with Crippen molar-refractivity contribution in [2.24, 2.45) is 11.3 Å². The van der Waals surface area contributed by atoms with Gasteiger partial charge in [-0.15, -0.1) is 23.2 Å². The average Bonchev–Trinajstić information content (AvgIpc) is 2.85. The van der Waals surface area contributed by atoms with E-state index in [0.717, 1.165) is 5.56 Å². The summed E-state index contributed by atoms with van der Waals surface area (Å²) in [5.41, 5.74) is 0.313. The van der Waals surface area contributed by atoms with E-state index in [1.54, 1.807) is 0 Å². The summed E-state index contributed by atoms with van der Waals surface area (Å²) in [6.45, 7) is 3.69. The minimum Gasteiger partial charge on any atom is -0.480 e. The summed E-state index contributed by atoms with van der Waals surface area (Å²) in [5, 5.41) is 9.39. The monoisotopic (exact) mass is 442 g/mol. The number of hydrogen-bond acceptors (Lipinski definition) is 1. The molecular formula is C14H14Br2Cl2O2. The highest BCUT2D eigenvalue weighted by Gasteiger charge is 2.79. The quantitative estimate of drug-likeness (QED) is 0.667. The van der Waals surface area contributed by atoms with Crippen LogP contribution in [0.4, 0.5) is 0 Å². The summed E-state index contributed by atoms with van der Waals surface area (Å²) in [5.74, 6) is -1.31. The number of rotatable bonds is 4. The Morgan fingerprint density at radius 3 is 2.30 bits per heavy atom. The lowest BCUT2D eigenvalue weighted by Gasteiger charge is -2.27. The van der Waals surface area contributed by atoms with Crippen molar-refractivity contribution in [3.05, 3.63) is 35.9 Å². The third kappa shape index (κ3) is 2.23. The van der Waals surface area contributed by atoms with E-state index in [1.165, 1.54) is 0 Å². The van der Waals surface area contributed by atoms with Gasteiger partial charge in [-0.3, -0.25) is 4.79 Å². The first-order chi connectivity index (χ1) is 9.08. The average molecular weight is 445 g/mol. The second-order valence-corrected chi connectivity index (χ2v) is 9.49. The molecule has 1 saturated carbocycles. The van der Waals surface area contributed by atoms with Gasteiger partial charge in [-0.1, -0.05) is 76.0 Å². The summed E-state index contributed by atoms with van der Waals surface area (Å²) in [6, 6.07) is 9.45. The molecule has 1 aromatic rings. The van der Waals surface area contributed by atoms with Crippen molar-refractivity contribution in [2.45, 2.75) is 27.3 Å². The summed E-state index contributed by atoms with van der Waals surface area (Å²) in [7, 11) is 0. The number of hydrogen-bond donors (Lipinski definition) is 1. The fourth-order valence-electron chi connectivity index (χ4n) is 2.75. The van der Waals surface area contributed by atoms with Crippen LogP contribution in [0.3, 0.4) is 0 Å². The number of carboxylic acid groups (broad SMARTS) is 1. The van der Waals surface area contributed by atoms with Crippen LogP contribution in [0.15, 0.2) is 30.3 Å². The molecule has 2 rings (SSSR count). The highest BCUT2D eigenvalue weighted by atomic mass is 79.9. The Bertz CT molecular complexity index is 533. The third-order valence-corrected chi connectivity index (χ3v) is 8.55. The Labute approximate surface area is 145 Å². The molecule has 0 aromatic heterocycles. The standard InChI is InChI=1S/C14H14Br2Cl2O2/c1-12(2)9(13(12,17)11(19)20)10(15)14(16,18)8-6-4-3-5-7-8/h3-7,9-10H,1-2H3,(H,19,20). The molecule has 0 saturated heterocycles. The largest absolute Gasteiger partial charge is 0.480 e. The van der Waals surface area contributed by atoms with Crippen LogP contribution < -0.4 is 0 Å². The molecule has 4 unspecified atom stereocenters. The first kappa shape index (κ1) is 16.6. The molecule has 2 nitrogen and oxygen atoms in total. The topological polar surface area (TPSA) is 37.3 Å². The highest BCUT2D eigenvalue weighted by molar-refractivity contribution is 9.12. The van der Waals surface area contributed by atoms with Crippen molar-refractivity contribution in [2.75, 3.05) is 0 Å². The molecule has 20 heavy (non-hydrogen) atoms. The van der Waals surface area contributed by atoms with Gasteiger partial charge >= 0.3 is 5.97 Å². The van der Waals surface area contributed by atoms with Crippen molar-refractivity contribution < 1.29 is 9.90 Å². The van der Waals surface area contributed by atoms with E-state index in [9.17, 15) is 9.90 Å². The molecule has 110 valence electrons. The minimum atomic E-state index is -1.30. The fraction of sp³-hybridized carbons (Fsp3) is 0.500. The molecule has 1 aliphatic carbocycles. The molecule has 4 atom stereocenters. The lowest BCUT2D eigenvalue weighted by molar-refractivity contribution is -0.138. The molecule has 1 fully saturated rings. The van der Waals surface area contributed by atoms with E-state index >= 15 is 0 Å². The zero-order valence-electron chi connectivity index (χ0n) is 10.9. The maximum atomic E-state index is 11.5. The first-order valence-electron chi connectivity index (χ1n) is 6.07. The Balaban J connectivity index is 2.34. The molecule has 0 radical (unpaired) electrons. The molecule has 1 aliphatic rings. The van der Waals surface area contributed by atoms with Crippen LogP contribution in [0, 0.1) is 11.3 Å². The van der Waals surface area contributed by atoms with Crippen molar-refractivity contribution >= 4 is 61.0 Å². The molecule has 0 bridgehead atoms. The third-order valence-electron chi connectivity index (χ3n) is 4.17. The predicted molar refractivity (Wildman–Crippen MR) is 89.1 cm³/mol. The van der Waals surface area contributed by atoms with Crippen LogP contribution in [0.2, 0.25) is 0 Å². The number of benzene rings is 1. The smallest absolute Gasteiger partial charge is 0.325 e. The number of alkyl halides is 4. The van der Waals surface area contributed by atoms with Crippen molar-refractivity contribution in [1.29, 1.82) is 0 Å². The molecule has 0 spiro atoms. The molecule has 0 amide bonds. The zero-order chi connectivity index (χ0) is 15.3. The Kier molecular flexibility index (Phi) is 4.27. The Morgan fingerprint density at radius 2 is 1.90 bits per heavy atom. The summed E-state index contributed by atoms with van der Waals surface area (Å²) >= 11 is 20.0. The number of carboxylic acids is 1. The zero-order valence-corrected chi connectivity index (χ0v) is 15.6. The Morgan fingerprint density at radius 1 is 1.40 bits per heavy atom. The van der Waals surface area contributed by atoms with Crippen molar-refractivity contribution in [3.63, 3.8) is 0 Å². The van der Waals surface area contributed by atoms with Crippen LogP contribution in [0.25, 0.3) is 0 Å². The van der Waals surface area contributed by atoms with Gasteiger partial charge in [0.2, 0.25) is 0 Å². The predicted octanol–water partition coefficient (Wildman–Crippen LogP) is 4.95. The highest BCUT2D eigenvalue weighted by Crippen LogP contribution is 2.71. The number of carbonyl (C=O) groups is 1. The van der Waals surface area contributed by atoms with Gasteiger partial charge in [0.05, 0.1) is 4.83 Å². The van der Waals surface area contributed by atoms with Gasteiger partial charge in [0, 0.05) is 11.3 Å². The van der Waals surface area contributed by atoms with Crippen LogP contribution in [0.1, 0.15) is 19.4 Å². The lowest BCUT2D eigenvalue weighted by atomic mass is 10.0. The van der Waals surface area contributed by atoms with Crippen LogP contribution in [-0.2, 0) is 8.58 Å². The van der Waals surface area contributed by atoms with Gasteiger partial charge in [-0.2, -0.15) is 0 Å². The summed E-state index contributed by atoms with van der Waals surface area (Å²) < 4.78 is -0.914. The second-order valence-electron chi connectivity index (χ2n) is 5.61. The van der Waals surface area contributed by atoms with Gasteiger partial charge in [-0.25, -0.2) is 0 Å².